The van der Waals surface area contributed by atoms with E-state index in [4.69, 9.17) is 24.7 Å². The molecule has 3 N–H and O–H groups in total. The van der Waals surface area contributed by atoms with Crippen molar-refractivity contribution in [2.24, 2.45) is 0 Å². The fraction of sp³-hybridized carbons (Fsp3) is 0.778. The van der Waals surface area contributed by atoms with Gasteiger partial charge >= 0.3 is 0 Å². The van der Waals surface area contributed by atoms with Crippen molar-refractivity contribution in [1.29, 1.82) is 0 Å². The summed E-state index contributed by atoms with van der Waals surface area (Å²) in [6.45, 7) is 8.99. The number of nitrogens with two attached hydrogens (primary N) is 1. The Labute approximate surface area is 200 Å². The molecule has 0 aliphatic carbocycles. The third-order valence-corrected chi connectivity index (χ3v) is 6.62. The van der Waals surface area contributed by atoms with Gasteiger partial charge in [-0.2, -0.15) is 0 Å². The van der Waals surface area contributed by atoms with Gasteiger partial charge in [-0.1, -0.05) is 64.7 Å². The summed E-state index contributed by atoms with van der Waals surface area (Å²) in [6, 6.07) is 7.78. The number of nitrogen functional groups attached to an aromatic ring is 1. The van der Waals surface area contributed by atoms with E-state index in [1.54, 1.807) is 0 Å². The van der Waals surface area contributed by atoms with Crippen molar-refractivity contribution >= 4 is 11.4 Å². The average molecular weight is 463 g/mol. The normalized spacial score (nSPS) is 26.9. The van der Waals surface area contributed by atoms with Crippen molar-refractivity contribution in [3.8, 4) is 0 Å². The minimum Gasteiger partial charge on any atom is -0.399 e. The maximum atomic E-state index is 6.31. The molecule has 0 saturated carbocycles. The van der Waals surface area contributed by atoms with Gasteiger partial charge in [-0.3, -0.25) is 0 Å². The van der Waals surface area contributed by atoms with Gasteiger partial charge in [-0.25, -0.2) is 0 Å². The van der Waals surface area contributed by atoms with Crippen LogP contribution < -0.4 is 11.1 Å². The summed E-state index contributed by atoms with van der Waals surface area (Å²) in [7, 11) is 0. The SMILES string of the molecule is CCCCCCCCCCCCO[C@H]1O[C@H]([C@H](C)Nc2ccc(N)cc2)[C@@H]2OC(C)(C)O[C@H]12. The zero-order chi connectivity index (χ0) is 23.7. The molecule has 2 heterocycles. The predicted octanol–water partition coefficient (Wildman–Crippen LogP) is 6.25. The van der Waals surface area contributed by atoms with Crippen molar-refractivity contribution in [3.63, 3.8) is 0 Å². The Balaban J connectivity index is 1.39. The molecular weight excluding hydrogens is 416 g/mol. The minimum absolute atomic E-state index is 0.0320. The highest BCUT2D eigenvalue weighted by Gasteiger charge is 2.57. The number of rotatable bonds is 15. The number of unbranched alkanes of at least 4 members (excludes halogenated alkanes) is 9. The predicted molar refractivity (Wildman–Crippen MR) is 134 cm³/mol. The van der Waals surface area contributed by atoms with E-state index in [1.165, 1.54) is 57.8 Å². The largest absolute Gasteiger partial charge is 0.399 e. The van der Waals surface area contributed by atoms with Gasteiger partial charge in [-0.15, -0.1) is 0 Å². The molecule has 0 bridgehead atoms. The lowest BCUT2D eigenvalue weighted by Crippen LogP contribution is -2.41. The molecule has 3 rings (SSSR count). The molecule has 2 aliphatic heterocycles. The number of nitrogens with one attached hydrogen (secondary N) is 1. The van der Waals surface area contributed by atoms with Crippen molar-refractivity contribution in [2.75, 3.05) is 17.7 Å². The van der Waals surface area contributed by atoms with Gasteiger partial charge in [0.2, 0.25) is 0 Å². The van der Waals surface area contributed by atoms with E-state index in [1.807, 2.05) is 38.1 Å². The first-order valence-corrected chi connectivity index (χ1v) is 13.1. The van der Waals surface area contributed by atoms with Crippen molar-refractivity contribution in [3.05, 3.63) is 24.3 Å². The van der Waals surface area contributed by atoms with Crippen LogP contribution in [0.2, 0.25) is 0 Å². The Bertz CT molecular complexity index is 681. The van der Waals surface area contributed by atoms with Crippen LogP contribution in [0.25, 0.3) is 0 Å². The average Bonchev–Trinajstić information content (AvgIpc) is 3.26. The van der Waals surface area contributed by atoms with Gasteiger partial charge in [0.25, 0.3) is 0 Å². The number of hydrogen-bond donors (Lipinski definition) is 2. The van der Waals surface area contributed by atoms with Gasteiger partial charge in [0.1, 0.15) is 18.3 Å². The standard InChI is InChI=1S/C27H46N2O4/c1-5-6-7-8-9-10-11-12-13-14-19-30-26-25-24(32-27(3,4)33-25)23(31-26)20(2)29-22-17-15-21(28)16-18-22/h15-18,20,23-26,29H,5-14,19,28H2,1-4H3/t20-,23+,24-,25-,26-/m0/s1. The molecule has 2 saturated heterocycles. The Morgan fingerprint density at radius 1 is 0.909 bits per heavy atom. The number of fused-ring (bicyclic) bond motifs is 1. The second kappa shape index (κ2) is 12.9. The number of hydrogen-bond acceptors (Lipinski definition) is 6. The molecule has 0 amide bonds. The molecular formula is C27H46N2O4. The molecule has 0 radical (unpaired) electrons. The smallest absolute Gasteiger partial charge is 0.187 e. The number of ether oxygens (including phenoxy) is 4. The maximum Gasteiger partial charge on any atom is 0.187 e. The lowest BCUT2D eigenvalue weighted by molar-refractivity contribution is -0.234. The molecule has 1 aromatic rings. The Hall–Kier alpha value is -1.34. The fourth-order valence-corrected chi connectivity index (χ4v) is 4.84. The first kappa shape index (κ1) is 26.3. The zero-order valence-corrected chi connectivity index (χ0v) is 21.2. The third kappa shape index (κ3) is 8.13. The monoisotopic (exact) mass is 462 g/mol. The second-order valence-corrected chi connectivity index (χ2v) is 10.1. The van der Waals surface area contributed by atoms with E-state index in [0.717, 1.165) is 17.8 Å². The van der Waals surface area contributed by atoms with Crippen molar-refractivity contribution in [2.45, 2.75) is 128 Å². The van der Waals surface area contributed by atoms with Crippen LogP contribution in [0.4, 0.5) is 11.4 Å². The van der Waals surface area contributed by atoms with Crippen LogP contribution >= 0.6 is 0 Å². The molecule has 0 spiro atoms. The molecule has 0 aromatic heterocycles. The first-order chi connectivity index (χ1) is 15.9. The Morgan fingerprint density at radius 2 is 1.48 bits per heavy atom. The van der Waals surface area contributed by atoms with Crippen molar-refractivity contribution < 1.29 is 18.9 Å². The molecule has 6 nitrogen and oxygen atoms in total. The molecule has 6 heteroatoms. The van der Waals surface area contributed by atoms with Crippen LogP contribution in [0.3, 0.4) is 0 Å². The molecule has 5 atom stereocenters. The van der Waals surface area contributed by atoms with Gasteiger partial charge in [0.05, 0.1) is 6.04 Å². The highest BCUT2D eigenvalue weighted by molar-refractivity contribution is 5.51. The topological polar surface area (TPSA) is 75.0 Å². The molecule has 1 aromatic carbocycles. The highest BCUT2D eigenvalue weighted by Crippen LogP contribution is 2.40. The first-order valence-electron chi connectivity index (χ1n) is 13.1. The molecule has 2 aliphatic rings. The van der Waals surface area contributed by atoms with Crippen LogP contribution in [0.15, 0.2) is 24.3 Å². The van der Waals surface area contributed by atoms with Gasteiger partial charge < -0.3 is 30.0 Å². The van der Waals surface area contributed by atoms with E-state index in [-0.39, 0.29) is 24.4 Å². The van der Waals surface area contributed by atoms with Crippen LogP contribution in [-0.4, -0.2) is 43.0 Å². The number of benzene rings is 1. The van der Waals surface area contributed by atoms with Crippen LogP contribution in [0, 0.1) is 0 Å². The lowest BCUT2D eigenvalue weighted by atomic mass is 10.0. The summed E-state index contributed by atoms with van der Waals surface area (Å²) in [5.74, 6) is -0.628. The zero-order valence-electron chi connectivity index (χ0n) is 21.2. The summed E-state index contributed by atoms with van der Waals surface area (Å²) in [6.07, 6.45) is 12.2. The van der Waals surface area contributed by atoms with E-state index < -0.39 is 12.1 Å². The van der Waals surface area contributed by atoms with Crippen molar-refractivity contribution in [1.82, 2.24) is 0 Å². The lowest BCUT2D eigenvalue weighted by Gasteiger charge is -2.28. The molecule has 0 unspecified atom stereocenters. The maximum absolute atomic E-state index is 6.31. The van der Waals surface area contributed by atoms with Gasteiger partial charge in [0.15, 0.2) is 12.1 Å². The van der Waals surface area contributed by atoms with E-state index >= 15 is 0 Å². The van der Waals surface area contributed by atoms with Crippen LogP contribution in [0.5, 0.6) is 0 Å². The Kier molecular flexibility index (Phi) is 10.3. The van der Waals surface area contributed by atoms with Gasteiger partial charge in [0, 0.05) is 18.0 Å². The summed E-state index contributed by atoms with van der Waals surface area (Å²) in [5, 5.41) is 3.51. The fourth-order valence-electron chi connectivity index (χ4n) is 4.84. The van der Waals surface area contributed by atoms with E-state index in [0.29, 0.717) is 6.61 Å². The second-order valence-electron chi connectivity index (χ2n) is 10.1. The minimum atomic E-state index is -0.628. The van der Waals surface area contributed by atoms with Crippen LogP contribution in [-0.2, 0) is 18.9 Å². The van der Waals surface area contributed by atoms with Gasteiger partial charge in [-0.05, 0) is 51.5 Å². The quantitative estimate of drug-likeness (QED) is 0.237. The summed E-state index contributed by atoms with van der Waals surface area (Å²) in [5.41, 5.74) is 7.56. The van der Waals surface area contributed by atoms with E-state index in [2.05, 4.69) is 19.2 Å². The molecule has 2 fully saturated rings. The molecule has 33 heavy (non-hydrogen) atoms. The summed E-state index contributed by atoms with van der Waals surface area (Å²) >= 11 is 0. The summed E-state index contributed by atoms with van der Waals surface area (Å²) < 4.78 is 24.8. The highest BCUT2D eigenvalue weighted by atomic mass is 16.8. The molecule has 188 valence electrons. The summed E-state index contributed by atoms with van der Waals surface area (Å²) in [4.78, 5) is 0. The van der Waals surface area contributed by atoms with E-state index in [9.17, 15) is 0 Å². The Morgan fingerprint density at radius 3 is 2.12 bits per heavy atom. The third-order valence-electron chi connectivity index (χ3n) is 6.62. The number of anilines is 2. The van der Waals surface area contributed by atoms with Crippen LogP contribution in [0.1, 0.15) is 91.9 Å².